The molecule has 0 aliphatic carbocycles. The molecule has 0 atom stereocenters. The van der Waals surface area contributed by atoms with Crippen LogP contribution in [0.15, 0.2) is 58.1 Å². The van der Waals surface area contributed by atoms with Crippen molar-refractivity contribution in [2.45, 2.75) is 23.8 Å². The van der Waals surface area contributed by atoms with Crippen LogP contribution in [0.3, 0.4) is 0 Å². The Labute approximate surface area is 171 Å². The van der Waals surface area contributed by atoms with E-state index < -0.39 is 0 Å². The summed E-state index contributed by atoms with van der Waals surface area (Å²) in [4.78, 5) is 6.81. The van der Waals surface area contributed by atoms with Gasteiger partial charge >= 0.3 is 0 Å². The molecule has 0 unspecified atom stereocenters. The summed E-state index contributed by atoms with van der Waals surface area (Å²) in [5.41, 5.74) is 2.54. The van der Waals surface area contributed by atoms with Crippen molar-refractivity contribution in [2.75, 3.05) is 18.0 Å². The molecule has 3 heterocycles. The van der Waals surface area contributed by atoms with Crippen LogP contribution in [-0.2, 0) is 5.75 Å². The molecule has 4 aromatic rings. The van der Waals surface area contributed by atoms with E-state index in [1.165, 1.54) is 12.8 Å². The maximum Gasteiger partial charge on any atom is 0.232 e. The van der Waals surface area contributed by atoms with Crippen molar-refractivity contribution in [1.82, 2.24) is 19.7 Å². The van der Waals surface area contributed by atoms with E-state index >= 15 is 0 Å². The number of oxazole rings is 1. The molecule has 28 heavy (non-hydrogen) atoms. The molecular weight excluding hydrogens is 394 g/mol. The smallest absolute Gasteiger partial charge is 0.232 e. The molecule has 0 N–H and O–H groups in total. The minimum absolute atomic E-state index is 0.567. The highest BCUT2D eigenvalue weighted by Gasteiger charge is 2.23. The van der Waals surface area contributed by atoms with Crippen molar-refractivity contribution in [3.05, 3.63) is 59.4 Å². The molecule has 2 aromatic carbocycles. The van der Waals surface area contributed by atoms with Gasteiger partial charge in [-0.2, -0.15) is 0 Å². The summed E-state index contributed by atoms with van der Waals surface area (Å²) in [6.07, 6.45) is 2.33. The second-order valence-electron chi connectivity index (χ2n) is 6.63. The van der Waals surface area contributed by atoms with E-state index in [-0.39, 0.29) is 0 Å². The van der Waals surface area contributed by atoms with Gasteiger partial charge in [-0.05, 0) is 37.1 Å². The molecule has 142 valence electrons. The van der Waals surface area contributed by atoms with Gasteiger partial charge in [0.05, 0.1) is 16.5 Å². The third-order valence-corrected chi connectivity index (χ3v) is 5.99. The molecule has 1 saturated heterocycles. The number of rotatable bonds is 5. The summed E-state index contributed by atoms with van der Waals surface area (Å²) in [5.74, 6) is 2.07. The number of thioether (sulfide) groups is 1. The van der Waals surface area contributed by atoms with E-state index in [2.05, 4.69) is 20.1 Å². The van der Waals surface area contributed by atoms with Crippen LogP contribution in [0.4, 0.5) is 5.95 Å². The topological polar surface area (TPSA) is 60.0 Å². The van der Waals surface area contributed by atoms with Gasteiger partial charge in [0.15, 0.2) is 10.7 Å². The lowest BCUT2D eigenvalue weighted by atomic mass is 10.3. The highest BCUT2D eigenvalue weighted by molar-refractivity contribution is 7.98. The normalized spacial score (nSPS) is 14.2. The Morgan fingerprint density at radius 2 is 1.79 bits per heavy atom. The van der Waals surface area contributed by atoms with Gasteiger partial charge in [0.25, 0.3) is 0 Å². The lowest BCUT2D eigenvalue weighted by Crippen LogP contribution is -2.22. The first kappa shape index (κ1) is 17.6. The number of para-hydroxylation sites is 3. The first-order valence-electron chi connectivity index (χ1n) is 9.22. The molecule has 0 spiro atoms. The number of hydrogen-bond donors (Lipinski definition) is 0. The maximum absolute atomic E-state index is 6.50. The minimum atomic E-state index is 0.567. The average Bonchev–Trinajstić information content (AvgIpc) is 3.45. The summed E-state index contributed by atoms with van der Waals surface area (Å²) in [6, 6.07) is 15.6. The molecule has 6 nitrogen and oxygen atoms in total. The third-order valence-electron chi connectivity index (χ3n) is 4.76. The van der Waals surface area contributed by atoms with Crippen molar-refractivity contribution in [2.24, 2.45) is 0 Å². The highest BCUT2D eigenvalue weighted by Crippen LogP contribution is 2.33. The lowest BCUT2D eigenvalue weighted by molar-refractivity contribution is 0.556. The van der Waals surface area contributed by atoms with Crippen LogP contribution in [0.1, 0.15) is 18.7 Å². The summed E-state index contributed by atoms with van der Waals surface area (Å²) >= 11 is 8.05. The van der Waals surface area contributed by atoms with Gasteiger partial charge < -0.3 is 9.32 Å². The fraction of sp³-hybridized carbons (Fsp3) is 0.250. The predicted molar refractivity (Wildman–Crippen MR) is 111 cm³/mol. The zero-order chi connectivity index (χ0) is 18.9. The van der Waals surface area contributed by atoms with Gasteiger partial charge in [0.2, 0.25) is 11.8 Å². The molecule has 5 rings (SSSR count). The predicted octanol–water partition coefficient (Wildman–Crippen LogP) is 4.95. The van der Waals surface area contributed by atoms with Crippen LogP contribution in [0, 0.1) is 0 Å². The number of benzene rings is 2. The maximum atomic E-state index is 6.50. The summed E-state index contributed by atoms with van der Waals surface area (Å²) in [7, 11) is 0. The second-order valence-corrected chi connectivity index (χ2v) is 7.98. The average molecular weight is 412 g/mol. The Bertz CT molecular complexity index is 1090. The Morgan fingerprint density at radius 3 is 2.61 bits per heavy atom. The van der Waals surface area contributed by atoms with Crippen LogP contribution >= 0.6 is 23.4 Å². The fourth-order valence-electron chi connectivity index (χ4n) is 3.43. The molecule has 1 aliphatic heterocycles. The Balaban J connectivity index is 1.49. The van der Waals surface area contributed by atoms with Gasteiger partial charge in [-0.3, -0.25) is 4.57 Å². The van der Waals surface area contributed by atoms with Gasteiger partial charge in [-0.1, -0.05) is 47.6 Å². The number of halogens is 1. The van der Waals surface area contributed by atoms with Gasteiger partial charge in [0.1, 0.15) is 5.52 Å². The van der Waals surface area contributed by atoms with Crippen molar-refractivity contribution in [3.8, 4) is 5.69 Å². The molecule has 2 aromatic heterocycles. The summed E-state index contributed by atoms with van der Waals surface area (Å²) < 4.78 is 7.88. The quantitative estimate of drug-likeness (QED) is 0.433. The number of hydrogen-bond acceptors (Lipinski definition) is 6. The van der Waals surface area contributed by atoms with Crippen LogP contribution in [-0.4, -0.2) is 32.8 Å². The Hall–Kier alpha value is -2.51. The van der Waals surface area contributed by atoms with E-state index in [0.29, 0.717) is 16.7 Å². The van der Waals surface area contributed by atoms with Crippen molar-refractivity contribution in [1.29, 1.82) is 0 Å². The number of aromatic nitrogens is 4. The Kier molecular flexibility index (Phi) is 4.70. The number of fused-ring (bicyclic) bond motifs is 1. The molecule has 0 bridgehead atoms. The van der Waals surface area contributed by atoms with Crippen molar-refractivity contribution >= 4 is 40.4 Å². The molecule has 1 aliphatic rings. The van der Waals surface area contributed by atoms with Gasteiger partial charge in [-0.25, -0.2) is 4.98 Å². The highest BCUT2D eigenvalue weighted by atomic mass is 35.5. The van der Waals surface area contributed by atoms with Crippen LogP contribution < -0.4 is 4.90 Å². The Morgan fingerprint density at radius 1 is 1.00 bits per heavy atom. The molecular formula is C20H18ClN5OS. The molecule has 0 amide bonds. The van der Waals surface area contributed by atoms with E-state index in [1.807, 2.05) is 53.1 Å². The van der Waals surface area contributed by atoms with Crippen molar-refractivity contribution in [3.63, 3.8) is 0 Å². The van der Waals surface area contributed by atoms with E-state index in [9.17, 15) is 0 Å². The largest absolute Gasteiger partial charge is 0.440 e. The van der Waals surface area contributed by atoms with Gasteiger partial charge in [-0.15, -0.1) is 10.2 Å². The zero-order valence-electron chi connectivity index (χ0n) is 15.1. The standard InChI is InChI=1S/C20H18ClN5OS/c21-14-7-1-3-9-16(14)26-19(25-11-5-6-12-25)23-24-20(26)28-13-18-22-15-8-2-4-10-17(15)27-18/h1-4,7-10H,5-6,11-13H2. The summed E-state index contributed by atoms with van der Waals surface area (Å²) in [6.45, 7) is 1.97. The van der Waals surface area contributed by atoms with Crippen LogP contribution in [0.25, 0.3) is 16.8 Å². The molecule has 0 radical (unpaired) electrons. The second kappa shape index (κ2) is 7.48. The molecule has 8 heteroatoms. The van der Waals surface area contributed by atoms with Crippen molar-refractivity contribution < 1.29 is 4.42 Å². The number of anilines is 1. The number of nitrogens with zero attached hydrogens (tertiary/aromatic N) is 5. The van der Waals surface area contributed by atoms with Gasteiger partial charge in [0, 0.05) is 13.1 Å². The monoisotopic (exact) mass is 411 g/mol. The first-order chi connectivity index (χ1) is 13.8. The van der Waals surface area contributed by atoms with E-state index in [4.69, 9.17) is 16.0 Å². The SMILES string of the molecule is Clc1ccccc1-n1c(SCc2nc3ccccc3o2)nnc1N1CCCC1. The fourth-order valence-corrected chi connectivity index (χ4v) is 4.43. The zero-order valence-corrected chi connectivity index (χ0v) is 16.7. The summed E-state index contributed by atoms with van der Waals surface area (Å²) in [5, 5.41) is 10.4. The molecule has 0 saturated carbocycles. The first-order valence-corrected chi connectivity index (χ1v) is 10.6. The van der Waals surface area contributed by atoms with Crippen LogP contribution in [0.2, 0.25) is 5.02 Å². The van der Waals surface area contributed by atoms with E-state index in [1.54, 1.807) is 11.8 Å². The minimum Gasteiger partial charge on any atom is -0.440 e. The van der Waals surface area contributed by atoms with E-state index in [0.717, 1.165) is 41.0 Å². The third kappa shape index (κ3) is 3.25. The van der Waals surface area contributed by atoms with Crippen LogP contribution in [0.5, 0.6) is 0 Å². The molecule has 1 fully saturated rings. The lowest BCUT2D eigenvalue weighted by Gasteiger charge is -2.18.